The predicted octanol–water partition coefficient (Wildman–Crippen LogP) is 1.91. The second kappa shape index (κ2) is 6.91. The van der Waals surface area contributed by atoms with Crippen molar-refractivity contribution in [2.75, 3.05) is 5.32 Å². The van der Waals surface area contributed by atoms with E-state index in [1.54, 1.807) is 18.7 Å². The fourth-order valence-electron chi connectivity index (χ4n) is 2.11. The Labute approximate surface area is 138 Å². The first-order valence-electron chi connectivity index (χ1n) is 7.19. The van der Waals surface area contributed by atoms with Gasteiger partial charge in [-0.1, -0.05) is 0 Å². The van der Waals surface area contributed by atoms with Gasteiger partial charge in [-0.2, -0.15) is 5.10 Å². The Morgan fingerprint density at radius 2 is 2.09 bits per heavy atom. The number of thiazole rings is 1. The van der Waals surface area contributed by atoms with Gasteiger partial charge in [0, 0.05) is 12.4 Å². The molecule has 1 N–H and O–H groups in total. The molecular weight excluding hydrogens is 316 g/mol. The Morgan fingerprint density at radius 1 is 1.39 bits per heavy atom. The summed E-state index contributed by atoms with van der Waals surface area (Å²) < 4.78 is 6.86. The molecule has 0 aliphatic carbocycles. The number of carbonyl (C=O) groups excluding carboxylic acids is 2. The first-order chi connectivity index (χ1) is 10.8. The molecule has 0 saturated carbocycles. The molecule has 1 atom stereocenters. The lowest BCUT2D eigenvalue weighted by atomic mass is 10.3. The minimum atomic E-state index is -0.888. The lowest BCUT2D eigenvalue weighted by Gasteiger charge is -2.13. The van der Waals surface area contributed by atoms with Crippen molar-refractivity contribution < 1.29 is 14.3 Å². The van der Waals surface area contributed by atoms with Crippen LogP contribution in [0.15, 0.2) is 5.38 Å². The summed E-state index contributed by atoms with van der Waals surface area (Å²) >= 11 is 1.47. The minimum Gasteiger partial charge on any atom is -0.452 e. The van der Waals surface area contributed by atoms with E-state index >= 15 is 0 Å². The summed E-state index contributed by atoms with van der Waals surface area (Å²) in [7, 11) is 1.80. The van der Waals surface area contributed by atoms with Gasteiger partial charge in [-0.05, 0) is 27.7 Å². The highest BCUT2D eigenvalue weighted by Gasteiger charge is 2.21. The van der Waals surface area contributed by atoms with Crippen molar-refractivity contribution in [3.63, 3.8) is 0 Å². The maximum absolute atomic E-state index is 12.2. The van der Waals surface area contributed by atoms with Crippen LogP contribution in [0.4, 0.5) is 5.69 Å². The molecule has 2 aromatic heterocycles. The van der Waals surface area contributed by atoms with Crippen LogP contribution in [-0.2, 0) is 27.8 Å². The van der Waals surface area contributed by atoms with Crippen molar-refractivity contribution in [2.45, 2.75) is 40.2 Å². The third-order valence-corrected chi connectivity index (χ3v) is 4.25. The van der Waals surface area contributed by atoms with Crippen LogP contribution in [0, 0.1) is 20.8 Å². The molecule has 1 amide bonds. The number of aryl methyl sites for hydroxylation is 3. The molecule has 1 unspecified atom stereocenters. The summed E-state index contributed by atoms with van der Waals surface area (Å²) in [6.07, 6.45) is -0.825. The number of rotatable bonds is 5. The van der Waals surface area contributed by atoms with E-state index in [9.17, 15) is 9.59 Å². The highest BCUT2D eigenvalue weighted by Crippen LogP contribution is 2.18. The van der Waals surface area contributed by atoms with E-state index in [1.165, 1.54) is 11.3 Å². The maximum atomic E-state index is 12.2. The zero-order valence-corrected chi connectivity index (χ0v) is 14.7. The van der Waals surface area contributed by atoms with Crippen molar-refractivity contribution in [2.24, 2.45) is 7.05 Å². The van der Waals surface area contributed by atoms with Crippen LogP contribution in [0.5, 0.6) is 0 Å². The first kappa shape index (κ1) is 17.1. The van der Waals surface area contributed by atoms with Crippen LogP contribution in [0.2, 0.25) is 0 Å². The Balaban J connectivity index is 1.93. The summed E-state index contributed by atoms with van der Waals surface area (Å²) in [4.78, 5) is 28.3. The highest BCUT2D eigenvalue weighted by atomic mass is 32.1. The first-order valence-corrected chi connectivity index (χ1v) is 8.07. The van der Waals surface area contributed by atoms with Crippen LogP contribution >= 0.6 is 11.3 Å². The molecule has 2 rings (SSSR count). The highest BCUT2D eigenvalue weighted by molar-refractivity contribution is 7.09. The molecule has 7 nitrogen and oxygen atoms in total. The number of nitrogens with one attached hydrogen (secondary N) is 1. The van der Waals surface area contributed by atoms with E-state index in [1.807, 2.05) is 26.2 Å². The van der Waals surface area contributed by atoms with Gasteiger partial charge in [-0.3, -0.25) is 14.3 Å². The third-order valence-electron chi connectivity index (χ3n) is 3.43. The number of nitrogens with zero attached hydrogens (tertiary/aromatic N) is 3. The second-order valence-electron chi connectivity index (χ2n) is 5.33. The topological polar surface area (TPSA) is 86.1 Å². The molecule has 124 valence electrons. The molecule has 0 saturated heterocycles. The van der Waals surface area contributed by atoms with Gasteiger partial charge < -0.3 is 10.1 Å². The molecule has 8 heteroatoms. The lowest BCUT2D eigenvalue weighted by Crippen LogP contribution is -2.30. The number of carbonyl (C=O) groups is 2. The summed E-state index contributed by atoms with van der Waals surface area (Å²) in [5, 5.41) is 9.69. The Morgan fingerprint density at radius 3 is 2.61 bits per heavy atom. The molecule has 0 aliphatic rings. The number of esters is 1. The smallest absolute Gasteiger partial charge is 0.312 e. The summed E-state index contributed by atoms with van der Waals surface area (Å²) in [6, 6.07) is 0. The van der Waals surface area contributed by atoms with Gasteiger partial charge in [0.25, 0.3) is 5.91 Å². The van der Waals surface area contributed by atoms with Crippen molar-refractivity contribution in [1.82, 2.24) is 14.8 Å². The van der Waals surface area contributed by atoms with Gasteiger partial charge in [0.05, 0.1) is 34.2 Å². The second-order valence-corrected chi connectivity index (χ2v) is 6.39. The molecular formula is C15H20N4O3S. The van der Waals surface area contributed by atoms with Crippen LogP contribution in [0.3, 0.4) is 0 Å². The van der Waals surface area contributed by atoms with Gasteiger partial charge in [-0.25, -0.2) is 4.98 Å². The van der Waals surface area contributed by atoms with E-state index in [0.717, 1.165) is 16.4 Å². The largest absolute Gasteiger partial charge is 0.452 e. The molecule has 2 heterocycles. The summed E-state index contributed by atoms with van der Waals surface area (Å²) in [5.74, 6) is -0.857. The van der Waals surface area contributed by atoms with E-state index in [2.05, 4.69) is 15.4 Å². The Kier molecular flexibility index (Phi) is 5.15. The number of hydrogen-bond donors (Lipinski definition) is 1. The van der Waals surface area contributed by atoms with Gasteiger partial charge in [0.15, 0.2) is 6.10 Å². The Hall–Kier alpha value is -2.22. The number of hydrogen-bond acceptors (Lipinski definition) is 6. The number of anilines is 1. The molecule has 2 aromatic rings. The number of amides is 1. The van der Waals surface area contributed by atoms with Crippen LogP contribution in [0.25, 0.3) is 0 Å². The van der Waals surface area contributed by atoms with Crippen molar-refractivity contribution in [3.05, 3.63) is 27.5 Å². The third kappa shape index (κ3) is 4.16. The van der Waals surface area contributed by atoms with Crippen LogP contribution < -0.4 is 5.32 Å². The number of aromatic nitrogens is 3. The molecule has 0 aromatic carbocycles. The van der Waals surface area contributed by atoms with Gasteiger partial charge >= 0.3 is 5.97 Å². The predicted molar refractivity (Wildman–Crippen MR) is 87.4 cm³/mol. The standard InChI is InChI=1S/C15H20N4O3S/c1-8-14(9(2)19(5)18-8)17-15(21)10(3)22-13(20)6-12-7-23-11(4)16-12/h7,10H,6H2,1-5H3,(H,17,21). The molecule has 0 bridgehead atoms. The summed E-state index contributed by atoms with van der Waals surface area (Å²) in [6.45, 7) is 7.08. The fourth-order valence-corrected chi connectivity index (χ4v) is 2.72. The van der Waals surface area contributed by atoms with Crippen molar-refractivity contribution in [3.8, 4) is 0 Å². The Bertz CT molecular complexity index is 735. The van der Waals surface area contributed by atoms with E-state index in [0.29, 0.717) is 11.4 Å². The van der Waals surface area contributed by atoms with E-state index < -0.39 is 12.1 Å². The minimum absolute atomic E-state index is 0.0624. The number of ether oxygens (including phenoxy) is 1. The normalized spacial score (nSPS) is 12.0. The zero-order chi connectivity index (χ0) is 17.1. The monoisotopic (exact) mass is 336 g/mol. The van der Waals surface area contributed by atoms with Crippen LogP contribution in [-0.4, -0.2) is 32.7 Å². The van der Waals surface area contributed by atoms with Crippen molar-refractivity contribution in [1.29, 1.82) is 0 Å². The van der Waals surface area contributed by atoms with Crippen molar-refractivity contribution >= 4 is 28.9 Å². The molecule has 0 aliphatic heterocycles. The average molecular weight is 336 g/mol. The quantitative estimate of drug-likeness (QED) is 0.843. The van der Waals surface area contributed by atoms with Gasteiger partial charge in [0.2, 0.25) is 0 Å². The molecule has 0 spiro atoms. The molecule has 0 fully saturated rings. The lowest BCUT2D eigenvalue weighted by molar-refractivity contribution is -0.152. The van der Waals surface area contributed by atoms with E-state index in [4.69, 9.17) is 4.74 Å². The van der Waals surface area contributed by atoms with Gasteiger partial charge in [0.1, 0.15) is 0 Å². The van der Waals surface area contributed by atoms with E-state index in [-0.39, 0.29) is 12.3 Å². The summed E-state index contributed by atoms with van der Waals surface area (Å²) in [5.41, 5.74) is 2.86. The molecule has 0 radical (unpaired) electrons. The maximum Gasteiger partial charge on any atom is 0.312 e. The van der Waals surface area contributed by atoms with Gasteiger partial charge in [-0.15, -0.1) is 11.3 Å². The average Bonchev–Trinajstić information content (AvgIpc) is 2.97. The molecule has 23 heavy (non-hydrogen) atoms. The van der Waals surface area contributed by atoms with Crippen LogP contribution in [0.1, 0.15) is 29.0 Å². The SMILES string of the molecule is Cc1nc(CC(=O)OC(C)C(=O)Nc2c(C)nn(C)c2C)cs1. The zero-order valence-electron chi connectivity index (χ0n) is 13.8. The fraction of sp³-hybridized carbons (Fsp3) is 0.467.